The highest BCUT2D eigenvalue weighted by Crippen LogP contribution is 2.27. The van der Waals surface area contributed by atoms with Gasteiger partial charge in [0.05, 0.1) is 13.3 Å². The molecule has 2 heterocycles. The number of anilines is 1. The highest BCUT2D eigenvalue weighted by Gasteiger charge is 2.14. The molecule has 1 aromatic carbocycles. The second-order valence-corrected chi connectivity index (χ2v) is 5.85. The van der Waals surface area contributed by atoms with E-state index in [4.69, 9.17) is 4.74 Å². The lowest BCUT2D eigenvalue weighted by Gasteiger charge is -2.07. The van der Waals surface area contributed by atoms with Crippen LogP contribution in [-0.4, -0.2) is 27.8 Å². The quantitative estimate of drug-likeness (QED) is 0.807. The number of nitrogens with zero attached hydrogens (tertiary/aromatic N) is 3. The number of carbonyl (C=O) groups excluding carboxylic acids is 1. The van der Waals surface area contributed by atoms with Gasteiger partial charge >= 0.3 is 0 Å². The van der Waals surface area contributed by atoms with Crippen molar-refractivity contribution in [3.05, 3.63) is 35.0 Å². The topological polar surface area (TPSA) is 69.0 Å². The van der Waals surface area contributed by atoms with Crippen molar-refractivity contribution in [1.29, 1.82) is 0 Å². The van der Waals surface area contributed by atoms with Gasteiger partial charge in [0.25, 0.3) is 5.91 Å². The van der Waals surface area contributed by atoms with Crippen LogP contribution in [0.2, 0.25) is 0 Å². The number of aryl methyl sites for hydroxylation is 2. The smallest absolute Gasteiger partial charge is 0.257 e. The molecule has 0 spiro atoms. The third-order valence-corrected chi connectivity index (χ3v) is 3.95. The summed E-state index contributed by atoms with van der Waals surface area (Å²) < 4.78 is 7.08. The molecule has 0 aliphatic heterocycles. The predicted octanol–water partition coefficient (Wildman–Crippen LogP) is 2.60. The van der Waals surface area contributed by atoms with Crippen LogP contribution in [0.15, 0.2) is 24.5 Å². The molecule has 3 rings (SSSR count). The summed E-state index contributed by atoms with van der Waals surface area (Å²) in [4.78, 5) is 17.5. The molecule has 3 aromatic rings. The molecule has 21 heavy (non-hydrogen) atoms. The van der Waals surface area contributed by atoms with E-state index in [0.29, 0.717) is 16.4 Å². The number of ether oxygens (including phenoxy) is 1. The Kier molecular flexibility index (Phi) is 3.34. The number of hydrogen-bond donors (Lipinski definition) is 1. The third-order valence-electron chi connectivity index (χ3n) is 3.12. The van der Waals surface area contributed by atoms with Crippen LogP contribution < -0.4 is 10.1 Å². The summed E-state index contributed by atoms with van der Waals surface area (Å²) >= 11 is 1.44. The van der Waals surface area contributed by atoms with Gasteiger partial charge in [0.2, 0.25) is 0 Å². The van der Waals surface area contributed by atoms with E-state index in [2.05, 4.69) is 15.4 Å². The Morgan fingerprint density at radius 3 is 2.86 bits per heavy atom. The van der Waals surface area contributed by atoms with E-state index in [1.54, 1.807) is 36.3 Å². The first-order valence-electron chi connectivity index (χ1n) is 6.32. The van der Waals surface area contributed by atoms with Gasteiger partial charge in [0.15, 0.2) is 5.13 Å². The maximum absolute atomic E-state index is 12.3. The van der Waals surface area contributed by atoms with E-state index >= 15 is 0 Å². The lowest BCUT2D eigenvalue weighted by molar-refractivity contribution is 0.102. The Labute approximate surface area is 125 Å². The van der Waals surface area contributed by atoms with Gasteiger partial charge in [-0.15, -0.1) is 11.3 Å². The van der Waals surface area contributed by atoms with E-state index in [1.165, 1.54) is 11.3 Å². The zero-order valence-electron chi connectivity index (χ0n) is 11.9. The van der Waals surface area contributed by atoms with Crippen molar-refractivity contribution in [3.63, 3.8) is 0 Å². The Balaban J connectivity index is 1.98. The van der Waals surface area contributed by atoms with Crippen molar-refractivity contribution in [2.24, 2.45) is 7.05 Å². The van der Waals surface area contributed by atoms with E-state index in [1.807, 2.05) is 14.0 Å². The van der Waals surface area contributed by atoms with Crippen molar-refractivity contribution in [1.82, 2.24) is 14.8 Å². The van der Waals surface area contributed by atoms with Gasteiger partial charge in [-0.3, -0.25) is 14.8 Å². The van der Waals surface area contributed by atoms with Crippen molar-refractivity contribution >= 4 is 33.3 Å². The van der Waals surface area contributed by atoms with Crippen molar-refractivity contribution < 1.29 is 9.53 Å². The SMILES string of the molecule is COc1cc(C(=O)Nc2ncc(C)s2)cc2cnn(C)c12. The zero-order valence-corrected chi connectivity index (χ0v) is 12.7. The third kappa shape index (κ3) is 2.47. The van der Waals surface area contributed by atoms with Crippen LogP contribution in [-0.2, 0) is 7.05 Å². The largest absolute Gasteiger partial charge is 0.494 e. The summed E-state index contributed by atoms with van der Waals surface area (Å²) in [5.41, 5.74) is 1.37. The number of rotatable bonds is 3. The van der Waals surface area contributed by atoms with E-state index in [0.717, 1.165) is 15.8 Å². The summed E-state index contributed by atoms with van der Waals surface area (Å²) in [5, 5.41) is 8.42. The number of carbonyl (C=O) groups is 1. The Bertz CT molecular complexity index is 822. The minimum atomic E-state index is -0.214. The van der Waals surface area contributed by atoms with E-state index < -0.39 is 0 Å². The highest BCUT2D eigenvalue weighted by molar-refractivity contribution is 7.15. The van der Waals surface area contributed by atoms with Crippen molar-refractivity contribution in [2.45, 2.75) is 6.92 Å². The van der Waals surface area contributed by atoms with Gasteiger partial charge in [-0.1, -0.05) is 0 Å². The maximum atomic E-state index is 12.3. The Morgan fingerprint density at radius 2 is 2.19 bits per heavy atom. The Morgan fingerprint density at radius 1 is 1.38 bits per heavy atom. The van der Waals surface area contributed by atoms with Gasteiger partial charge in [-0.2, -0.15) is 5.10 Å². The van der Waals surface area contributed by atoms with Gasteiger partial charge in [-0.05, 0) is 19.1 Å². The van der Waals surface area contributed by atoms with Crippen LogP contribution in [0.3, 0.4) is 0 Å². The average Bonchev–Trinajstić information content (AvgIpc) is 3.04. The number of benzene rings is 1. The molecular formula is C14H14N4O2S. The normalized spacial score (nSPS) is 10.8. The monoisotopic (exact) mass is 302 g/mol. The fourth-order valence-electron chi connectivity index (χ4n) is 2.15. The molecule has 0 fully saturated rings. The van der Waals surface area contributed by atoms with Crippen molar-refractivity contribution in [2.75, 3.05) is 12.4 Å². The summed E-state index contributed by atoms with van der Waals surface area (Å²) in [7, 11) is 3.41. The number of nitrogens with one attached hydrogen (secondary N) is 1. The minimum absolute atomic E-state index is 0.214. The highest BCUT2D eigenvalue weighted by atomic mass is 32.1. The summed E-state index contributed by atoms with van der Waals surface area (Å²) in [6.07, 6.45) is 3.44. The molecule has 1 amide bonds. The van der Waals surface area contributed by atoms with Gasteiger partial charge < -0.3 is 4.74 Å². The summed E-state index contributed by atoms with van der Waals surface area (Å²) in [6, 6.07) is 3.50. The van der Waals surface area contributed by atoms with Crippen LogP contribution in [0.1, 0.15) is 15.2 Å². The first kappa shape index (κ1) is 13.6. The molecule has 0 aliphatic rings. The molecule has 108 valence electrons. The summed E-state index contributed by atoms with van der Waals surface area (Å²) in [6.45, 7) is 1.94. The first-order chi connectivity index (χ1) is 10.1. The molecule has 2 aromatic heterocycles. The van der Waals surface area contributed by atoms with Gasteiger partial charge in [-0.25, -0.2) is 4.98 Å². The Hall–Kier alpha value is -2.41. The molecule has 0 atom stereocenters. The van der Waals surface area contributed by atoms with Gasteiger partial charge in [0.1, 0.15) is 11.3 Å². The molecule has 0 aliphatic carbocycles. The van der Waals surface area contributed by atoms with Crippen LogP contribution >= 0.6 is 11.3 Å². The molecule has 0 saturated heterocycles. The van der Waals surface area contributed by atoms with Crippen molar-refractivity contribution in [3.8, 4) is 5.75 Å². The van der Waals surface area contributed by atoms with E-state index in [9.17, 15) is 4.79 Å². The standard InChI is InChI=1S/C14H14N4O2S/c1-8-6-15-14(21-8)17-13(19)9-4-10-7-16-18(2)12(10)11(5-9)20-3/h4-7H,1-3H3,(H,15,17,19). The minimum Gasteiger partial charge on any atom is -0.494 e. The van der Waals surface area contributed by atoms with Crippen LogP contribution in [0.5, 0.6) is 5.75 Å². The fraction of sp³-hybridized carbons (Fsp3) is 0.214. The first-order valence-corrected chi connectivity index (χ1v) is 7.13. The molecule has 0 radical (unpaired) electrons. The number of hydrogen-bond acceptors (Lipinski definition) is 5. The van der Waals surface area contributed by atoms with Gasteiger partial charge in [0, 0.05) is 29.1 Å². The van der Waals surface area contributed by atoms with E-state index in [-0.39, 0.29) is 5.91 Å². The van der Waals surface area contributed by atoms with Crippen LogP contribution in [0.25, 0.3) is 10.9 Å². The second kappa shape index (κ2) is 5.17. The number of amides is 1. The number of methoxy groups -OCH3 is 1. The summed E-state index contributed by atoms with van der Waals surface area (Å²) in [5.74, 6) is 0.404. The molecule has 7 heteroatoms. The number of thiazole rings is 1. The zero-order chi connectivity index (χ0) is 15.0. The van der Waals surface area contributed by atoms with Crippen LogP contribution in [0, 0.1) is 6.92 Å². The maximum Gasteiger partial charge on any atom is 0.257 e. The molecule has 0 saturated carbocycles. The lowest BCUT2D eigenvalue weighted by Crippen LogP contribution is -2.11. The fourth-order valence-corrected chi connectivity index (χ4v) is 2.81. The number of aromatic nitrogens is 3. The molecular weight excluding hydrogens is 288 g/mol. The molecule has 0 unspecified atom stereocenters. The molecule has 6 nitrogen and oxygen atoms in total. The number of fused-ring (bicyclic) bond motifs is 1. The van der Waals surface area contributed by atoms with Crippen LogP contribution in [0.4, 0.5) is 5.13 Å². The lowest BCUT2D eigenvalue weighted by atomic mass is 10.1. The average molecular weight is 302 g/mol. The predicted molar refractivity (Wildman–Crippen MR) is 82.1 cm³/mol. The molecule has 0 bridgehead atoms. The molecule has 1 N–H and O–H groups in total. The second-order valence-electron chi connectivity index (χ2n) is 4.61.